The number of aryl methyl sites for hydroxylation is 1. The Morgan fingerprint density at radius 1 is 1.08 bits per heavy atom. The zero-order chi connectivity index (χ0) is 25.7. The van der Waals surface area contributed by atoms with Crippen LogP contribution in [0.15, 0.2) is 36.7 Å². The first-order valence-corrected chi connectivity index (χ1v) is 12.9. The third-order valence-corrected chi connectivity index (χ3v) is 7.18. The van der Waals surface area contributed by atoms with Crippen molar-refractivity contribution in [2.24, 2.45) is 7.05 Å². The fourth-order valence-electron chi connectivity index (χ4n) is 5.63. The van der Waals surface area contributed by atoms with Crippen molar-refractivity contribution in [1.29, 1.82) is 0 Å². The molecule has 0 saturated carbocycles. The van der Waals surface area contributed by atoms with E-state index < -0.39 is 5.82 Å². The maximum atomic E-state index is 14.6. The smallest absolute Gasteiger partial charge is 0.257 e. The van der Waals surface area contributed by atoms with Gasteiger partial charge in [0, 0.05) is 79.9 Å². The lowest BCUT2D eigenvalue weighted by Crippen LogP contribution is -2.54. The number of benzene rings is 2. The zero-order valence-corrected chi connectivity index (χ0v) is 21.3. The van der Waals surface area contributed by atoms with Crippen LogP contribution in [0.4, 0.5) is 21.7 Å². The molecule has 2 atom stereocenters. The van der Waals surface area contributed by atoms with Gasteiger partial charge in [-0.1, -0.05) is 0 Å². The minimum absolute atomic E-state index is 0.276. The van der Waals surface area contributed by atoms with Crippen LogP contribution in [0.25, 0.3) is 21.8 Å². The molecule has 6 rings (SSSR count). The lowest BCUT2D eigenvalue weighted by molar-refractivity contribution is 0.102. The van der Waals surface area contributed by atoms with Crippen LogP contribution < -0.4 is 20.4 Å². The molecule has 2 aromatic heterocycles. The van der Waals surface area contributed by atoms with Crippen LogP contribution in [0.5, 0.6) is 0 Å². The van der Waals surface area contributed by atoms with E-state index >= 15 is 0 Å². The molecule has 192 valence electrons. The van der Waals surface area contributed by atoms with Crippen LogP contribution in [0.3, 0.4) is 0 Å². The molecule has 9 nitrogen and oxygen atoms in total. The molecule has 2 aromatic carbocycles. The number of carbonyl (C=O) groups excluding carboxylic acids is 1. The summed E-state index contributed by atoms with van der Waals surface area (Å²) < 4.78 is 16.2. The van der Waals surface area contributed by atoms with Crippen molar-refractivity contribution in [2.75, 3.05) is 41.3 Å². The molecular weight excluding hydrogens is 471 g/mol. The van der Waals surface area contributed by atoms with E-state index in [4.69, 9.17) is 9.97 Å². The quantitative estimate of drug-likeness (QED) is 0.440. The molecule has 4 aromatic rings. The number of hydrogen-bond acceptors (Lipinski definition) is 7. The molecule has 0 radical (unpaired) electrons. The lowest BCUT2D eigenvalue weighted by Gasteiger charge is -2.38. The minimum Gasteiger partial charge on any atom is -0.368 e. The summed E-state index contributed by atoms with van der Waals surface area (Å²) in [6.45, 7) is 7.86. The number of anilines is 3. The van der Waals surface area contributed by atoms with Gasteiger partial charge in [-0.05, 0) is 51.0 Å². The molecule has 0 aliphatic carbocycles. The zero-order valence-electron chi connectivity index (χ0n) is 21.3. The monoisotopic (exact) mass is 502 g/mol. The minimum atomic E-state index is -0.478. The fourth-order valence-corrected chi connectivity index (χ4v) is 5.63. The maximum absolute atomic E-state index is 14.6. The molecule has 1 amide bonds. The SMILES string of the molecule is C[C@@H]1CN(c2ccc(C(=O)Nc3cc(F)c4nn(C)cc4c3)c3nc(N4CCCC4)ncc23)C[C@@H](C)N1. The standard InChI is InChI=1S/C27H31FN8O/c1-16-13-36(14-17(2)30-16)23-7-6-20(25-21(23)12-29-27(32-25)35-8-4-5-9-35)26(37)31-19-10-18-15-34(3)33-24(18)22(28)11-19/h6-7,10-12,15-17,30H,4-5,8-9,13-14H2,1-3H3,(H,31,37)/t16-,17-/m1/s1. The first-order valence-electron chi connectivity index (χ1n) is 12.9. The third-order valence-electron chi connectivity index (χ3n) is 7.18. The van der Waals surface area contributed by atoms with Crippen LogP contribution in [0, 0.1) is 5.82 Å². The van der Waals surface area contributed by atoms with Crippen molar-refractivity contribution < 1.29 is 9.18 Å². The van der Waals surface area contributed by atoms with Crippen molar-refractivity contribution >= 4 is 45.0 Å². The van der Waals surface area contributed by atoms with Crippen molar-refractivity contribution in [2.45, 2.75) is 38.8 Å². The number of piperazine rings is 1. The average Bonchev–Trinajstić information content (AvgIpc) is 3.52. The molecule has 2 N–H and O–H groups in total. The van der Waals surface area contributed by atoms with E-state index in [2.05, 4.69) is 39.4 Å². The van der Waals surface area contributed by atoms with Gasteiger partial charge in [0.25, 0.3) is 5.91 Å². The number of nitrogens with zero attached hydrogens (tertiary/aromatic N) is 6. The van der Waals surface area contributed by atoms with Gasteiger partial charge in [0.1, 0.15) is 5.52 Å². The van der Waals surface area contributed by atoms with Gasteiger partial charge >= 0.3 is 0 Å². The second kappa shape index (κ2) is 9.26. The van der Waals surface area contributed by atoms with Gasteiger partial charge in [0.05, 0.1) is 11.1 Å². The van der Waals surface area contributed by atoms with Crippen molar-refractivity contribution in [3.63, 3.8) is 0 Å². The Labute approximate surface area is 214 Å². The van der Waals surface area contributed by atoms with Gasteiger partial charge in [-0.3, -0.25) is 9.48 Å². The molecule has 0 bridgehead atoms. The van der Waals surface area contributed by atoms with Crippen molar-refractivity contribution in [1.82, 2.24) is 25.1 Å². The number of hydrogen-bond donors (Lipinski definition) is 2. The summed E-state index contributed by atoms with van der Waals surface area (Å²) in [5.41, 5.74) is 2.71. The highest BCUT2D eigenvalue weighted by molar-refractivity contribution is 6.14. The normalized spacial score (nSPS) is 20.2. The summed E-state index contributed by atoms with van der Waals surface area (Å²) in [6, 6.07) is 7.51. The number of halogens is 1. The summed E-state index contributed by atoms with van der Waals surface area (Å²) >= 11 is 0. The van der Waals surface area contributed by atoms with E-state index in [0.29, 0.717) is 40.2 Å². The van der Waals surface area contributed by atoms with E-state index in [0.717, 1.165) is 50.1 Å². The highest BCUT2D eigenvalue weighted by atomic mass is 19.1. The highest BCUT2D eigenvalue weighted by Crippen LogP contribution is 2.32. The Kier molecular flexibility index (Phi) is 5.91. The predicted molar refractivity (Wildman–Crippen MR) is 144 cm³/mol. The summed E-state index contributed by atoms with van der Waals surface area (Å²) in [5.74, 6) is -0.178. The molecule has 2 aliphatic heterocycles. The van der Waals surface area contributed by atoms with Crippen LogP contribution in [0.1, 0.15) is 37.0 Å². The largest absolute Gasteiger partial charge is 0.368 e. The second-order valence-electron chi connectivity index (χ2n) is 10.3. The molecule has 2 aliphatic rings. The Balaban J connectivity index is 1.41. The number of aromatic nitrogens is 4. The van der Waals surface area contributed by atoms with Crippen molar-refractivity contribution in [3.05, 3.63) is 48.0 Å². The Morgan fingerprint density at radius 2 is 1.84 bits per heavy atom. The third kappa shape index (κ3) is 4.46. The van der Waals surface area contributed by atoms with Gasteiger partial charge in [-0.2, -0.15) is 5.10 Å². The Bertz CT molecular complexity index is 1490. The first-order chi connectivity index (χ1) is 17.9. The van der Waals surface area contributed by atoms with Gasteiger partial charge in [0.2, 0.25) is 5.95 Å². The lowest BCUT2D eigenvalue weighted by atomic mass is 10.0. The van der Waals surface area contributed by atoms with Crippen LogP contribution in [-0.2, 0) is 7.05 Å². The summed E-state index contributed by atoms with van der Waals surface area (Å²) in [6.07, 6.45) is 5.78. The summed E-state index contributed by atoms with van der Waals surface area (Å²) in [4.78, 5) is 27.7. The maximum Gasteiger partial charge on any atom is 0.257 e. The molecule has 4 heterocycles. The molecule has 0 unspecified atom stereocenters. The van der Waals surface area contributed by atoms with Crippen molar-refractivity contribution in [3.8, 4) is 0 Å². The van der Waals surface area contributed by atoms with E-state index in [-0.39, 0.29) is 11.4 Å². The summed E-state index contributed by atoms with van der Waals surface area (Å²) in [7, 11) is 1.74. The number of carbonyl (C=O) groups is 1. The van der Waals surface area contributed by atoms with E-state index in [9.17, 15) is 9.18 Å². The van der Waals surface area contributed by atoms with Crippen LogP contribution >= 0.6 is 0 Å². The number of amides is 1. The van der Waals surface area contributed by atoms with Gasteiger partial charge in [0.15, 0.2) is 5.82 Å². The number of rotatable bonds is 4. The fraction of sp³-hybridized carbons (Fsp3) is 0.407. The molecular formula is C27H31FN8O. The average molecular weight is 503 g/mol. The van der Waals surface area contributed by atoms with Gasteiger partial charge in [-0.15, -0.1) is 0 Å². The number of nitrogens with one attached hydrogen (secondary N) is 2. The van der Waals surface area contributed by atoms with Crippen LogP contribution in [-0.4, -0.2) is 63.9 Å². The van der Waals surface area contributed by atoms with E-state index in [1.165, 1.54) is 6.07 Å². The van der Waals surface area contributed by atoms with Crippen LogP contribution in [0.2, 0.25) is 0 Å². The molecule has 0 spiro atoms. The first kappa shape index (κ1) is 23.6. The molecule has 2 saturated heterocycles. The van der Waals surface area contributed by atoms with Gasteiger partial charge in [-0.25, -0.2) is 14.4 Å². The van der Waals surface area contributed by atoms with E-state index in [1.807, 2.05) is 18.3 Å². The van der Waals surface area contributed by atoms with Gasteiger partial charge < -0.3 is 20.4 Å². The van der Waals surface area contributed by atoms with E-state index in [1.54, 1.807) is 24.0 Å². The second-order valence-corrected chi connectivity index (χ2v) is 10.3. The predicted octanol–water partition coefficient (Wildman–Crippen LogP) is 3.69. The summed E-state index contributed by atoms with van der Waals surface area (Å²) in [5, 5.41) is 12.1. The Morgan fingerprint density at radius 3 is 2.59 bits per heavy atom. The Hall–Kier alpha value is -3.79. The molecule has 2 fully saturated rings. The molecule has 37 heavy (non-hydrogen) atoms. The number of fused-ring (bicyclic) bond motifs is 2. The molecule has 10 heteroatoms. The topological polar surface area (TPSA) is 91.2 Å². The highest BCUT2D eigenvalue weighted by Gasteiger charge is 2.25.